The highest BCUT2D eigenvalue weighted by Crippen LogP contribution is 2.38. The van der Waals surface area contributed by atoms with E-state index in [1.807, 2.05) is 182 Å². The van der Waals surface area contributed by atoms with Gasteiger partial charge >= 0.3 is 7.12 Å². The third-order valence-corrected chi connectivity index (χ3v) is 14.2. The molecule has 2 N–H and O–H groups in total. The van der Waals surface area contributed by atoms with Gasteiger partial charge in [-0.25, -0.2) is 0 Å². The molecule has 0 unspecified atom stereocenters. The molecule has 0 saturated heterocycles. The van der Waals surface area contributed by atoms with Crippen LogP contribution in [0.15, 0.2) is 308 Å². The molecular formula is C72H52BBrN2O6. The lowest BCUT2D eigenvalue weighted by Crippen LogP contribution is -2.29. The molecule has 0 amide bonds. The van der Waals surface area contributed by atoms with Crippen LogP contribution in [0.2, 0.25) is 0 Å². The predicted molar refractivity (Wildman–Crippen MR) is 337 cm³/mol. The number of fused-ring (bicyclic) bond motifs is 6. The van der Waals surface area contributed by atoms with E-state index in [-0.39, 0.29) is 0 Å². The van der Waals surface area contributed by atoms with E-state index < -0.39 is 7.12 Å². The van der Waals surface area contributed by atoms with E-state index in [1.54, 1.807) is 12.1 Å². The number of nitrogens with zero attached hydrogens (tertiary/aromatic N) is 2. The Balaban J connectivity index is 0.000000132. The van der Waals surface area contributed by atoms with E-state index in [1.165, 1.54) is 32.6 Å². The van der Waals surface area contributed by atoms with Crippen LogP contribution in [-0.2, 0) is 0 Å². The van der Waals surface area contributed by atoms with Gasteiger partial charge in [0.15, 0.2) is 0 Å². The quantitative estimate of drug-likeness (QED) is 0.119. The average Bonchev–Trinajstić information content (AvgIpc) is 2.96. The number of halogens is 1. The molecule has 0 radical (unpaired) electrons. The normalized spacial score (nSPS) is 10.9. The summed E-state index contributed by atoms with van der Waals surface area (Å²) in [6.45, 7) is 0. The number of hydrogen-bond acceptors (Lipinski definition) is 6. The molecule has 0 aliphatic heterocycles. The molecule has 396 valence electrons. The highest BCUT2D eigenvalue weighted by Gasteiger charge is 2.16. The van der Waals surface area contributed by atoms with Crippen molar-refractivity contribution in [3.63, 3.8) is 0 Å². The average molecular weight is 1130 g/mol. The van der Waals surface area contributed by atoms with Gasteiger partial charge in [0.05, 0.1) is 22.1 Å². The Kier molecular flexibility index (Phi) is 15.7. The van der Waals surface area contributed by atoms with Crippen LogP contribution in [0.4, 0.5) is 0 Å². The number of rotatable bonds is 12. The zero-order valence-corrected chi connectivity index (χ0v) is 45.8. The molecule has 0 aliphatic rings. The van der Waals surface area contributed by atoms with Crippen molar-refractivity contribution in [2.24, 2.45) is 0 Å². The summed E-state index contributed by atoms with van der Waals surface area (Å²) in [6, 6.07) is 100. The van der Waals surface area contributed by atoms with Crippen molar-refractivity contribution in [2.45, 2.75) is 0 Å². The lowest BCUT2D eigenvalue weighted by molar-refractivity contribution is 0.425. The minimum Gasteiger partial charge on any atom is -0.457 e. The summed E-state index contributed by atoms with van der Waals surface area (Å²) in [5, 5.41) is 23.4. The minimum absolute atomic E-state index is 0.490. The second-order valence-electron chi connectivity index (χ2n) is 19.2. The van der Waals surface area contributed by atoms with Crippen LogP contribution in [0.3, 0.4) is 0 Å². The van der Waals surface area contributed by atoms with Gasteiger partial charge in [-0.2, -0.15) is 0 Å². The molecule has 2 aromatic heterocycles. The van der Waals surface area contributed by atoms with Crippen LogP contribution in [0.5, 0.6) is 46.0 Å². The predicted octanol–water partition coefficient (Wildman–Crippen LogP) is 18.5. The maximum Gasteiger partial charge on any atom is 0.488 e. The lowest BCUT2D eigenvalue weighted by Gasteiger charge is -2.13. The van der Waals surface area contributed by atoms with E-state index in [0.29, 0.717) is 5.46 Å². The number of para-hydroxylation sites is 8. The van der Waals surface area contributed by atoms with E-state index in [9.17, 15) is 10.0 Å². The van der Waals surface area contributed by atoms with Gasteiger partial charge in [0, 0.05) is 49.5 Å². The SMILES string of the molecule is Brc1cc(Oc2ccccc2)cc(Oc2ccccc2)c1.OB(O)c1ccc(-n2c3ccccc3c3ccccc32)cc1.c1ccc(Oc2cc(Oc3ccccc3)cc(-c3ccc(-n4c5ccccc5c5ccccc54)cc3)c2)cc1. The Bertz CT molecular complexity index is 4200. The van der Waals surface area contributed by atoms with Crippen molar-refractivity contribution in [3.8, 4) is 68.5 Å². The first-order chi connectivity index (χ1) is 40.4. The Morgan fingerprint density at radius 2 is 0.549 bits per heavy atom. The van der Waals surface area contributed by atoms with Gasteiger partial charge in [-0.05, 0) is 138 Å². The lowest BCUT2D eigenvalue weighted by atomic mass is 9.80. The van der Waals surface area contributed by atoms with E-state index in [0.717, 1.165) is 84.0 Å². The van der Waals surface area contributed by atoms with Gasteiger partial charge in [0.25, 0.3) is 0 Å². The summed E-state index contributed by atoms with van der Waals surface area (Å²) in [7, 11) is -1.44. The van der Waals surface area contributed by atoms with Crippen LogP contribution < -0.4 is 24.4 Å². The van der Waals surface area contributed by atoms with Crippen molar-refractivity contribution in [1.29, 1.82) is 0 Å². The largest absolute Gasteiger partial charge is 0.488 e. The summed E-state index contributed by atoms with van der Waals surface area (Å²) < 4.78 is 29.5. The molecule has 14 aromatic rings. The van der Waals surface area contributed by atoms with Gasteiger partial charge in [-0.1, -0.05) is 186 Å². The van der Waals surface area contributed by atoms with Crippen molar-refractivity contribution in [3.05, 3.63) is 308 Å². The molecule has 14 rings (SSSR count). The van der Waals surface area contributed by atoms with E-state index >= 15 is 0 Å². The summed E-state index contributed by atoms with van der Waals surface area (Å²) in [5.41, 5.74) is 9.38. The molecule has 0 spiro atoms. The maximum absolute atomic E-state index is 9.24. The zero-order valence-electron chi connectivity index (χ0n) is 44.2. The Morgan fingerprint density at radius 1 is 0.268 bits per heavy atom. The molecule has 10 heteroatoms. The van der Waals surface area contributed by atoms with Crippen molar-refractivity contribution in [2.75, 3.05) is 0 Å². The highest BCUT2D eigenvalue weighted by atomic mass is 79.9. The summed E-state index contributed by atoms with van der Waals surface area (Å²) in [5.74, 6) is 6.03. The molecule has 12 aromatic carbocycles. The first-order valence-electron chi connectivity index (χ1n) is 26.8. The van der Waals surface area contributed by atoms with Crippen molar-refractivity contribution < 1.29 is 29.0 Å². The fourth-order valence-corrected chi connectivity index (χ4v) is 10.5. The number of aromatic nitrogens is 2. The summed E-state index contributed by atoms with van der Waals surface area (Å²) in [4.78, 5) is 0. The molecular weight excluding hydrogens is 1080 g/mol. The van der Waals surface area contributed by atoms with Gasteiger partial charge < -0.3 is 38.1 Å². The highest BCUT2D eigenvalue weighted by molar-refractivity contribution is 9.10. The third kappa shape index (κ3) is 12.1. The summed E-state index contributed by atoms with van der Waals surface area (Å²) >= 11 is 3.48. The van der Waals surface area contributed by atoms with Crippen LogP contribution in [0, 0.1) is 0 Å². The second-order valence-corrected chi connectivity index (χ2v) is 20.1. The maximum atomic E-state index is 9.24. The van der Waals surface area contributed by atoms with Gasteiger partial charge in [-0.3, -0.25) is 0 Å². The monoisotopic (exact) mass is 1130 g/mol. The van der Waals surface area contributed by atoms with Gasteiger partial charge in [0.1, 0.15) is 46.0 Å². The number of benzene rings is 12. The van der Waals surface area contributed by atoms with Crippen LogP contribution in [-0.4, -0.2) is 26.3 Å². The molecule has 0 aliphatic carbocycles. The first kappa shape index (κ1) is 52.6. The Hall–Kier alpha value is -10.1. The molecule has 0 saturated carbocycles. The molecule has 8 nitrogen and oxygen atoms in total. The first-order valence-corrected chi connectivity index (χ1v) is 27.6. The zero-order chi connectivity index (χ0) is 55.6. The topological polar surface area (TPSA) is 87.2 Å². The van der Waals surface area contributed by atoms with E-state index in [2.05, 4.69) is 134 Å². The number of hydrogen-bond donors (Lipinski definition) is 2. The Morgan fingerprint density at radius 3 is 0.866 bits per heavy atom. The molecule has 0 bridgehead atoms. The fourth-order valence-electron chi connectivity index (χ4n) is 10.0. The van der Waals surface area contributed by atoms with E-state index in [4.69, 9.17) is 18.9 Å². The third-order valence-electron chi connectivity index (χ3n) is 13.7. The summed E-state index contributed by atoms with van der Waals surface area (Å²) in [6.07, 6.45) is 0. The standard InChI is InChI=1S/C36H25NO2.C18H14BNO2.C18H13BrO2/c1-3-11-29(12-4-1)38-31-23-27(24-32(25-31)39-30-13-5-2-6-14-30)26-19-21-28(22-20-26)37-35-17-9-7-15-33(35)34-16-8-10-18-36(34)37;21-19(22)13-9-11-14(12-10-13)20-17-7-3-1-5-15(17)16-6-2-4-8-18(16)20;19-14-11-17(20-15-7-3-1-4-8-15)13-18(12-14)21-16-9-5-2-6-10-16/h1-25H;1-12,21-22H;1-13H. The van der Waals surface area contributed by atoms with Crippen LogP contribution in [0.1, 0.15) is 0 Å². The fraction of sp³-hybridized carbons (Fsp3) is 0. The number of ether oxygens (including phenoxy) is 4. The van der Waals surface area contributed by atoms with Crippen molar-refractivity contribution >= 4 is 72.1 Å². The molecule has 0 fully saturated rings. The van der Waals surface area contributed by atoms with Gasteiger partial charge in [-0.15, -0.1) is 0 Å². The molecule has 82 heavy (non-hydrogen) atoms. The van der Waals surface area contributed by atoms with Crippen LogP contribution >= 0.6 is 15.9 Å². The molecule has 0 atom stereocenters. The second kappa shape index (κ2) is 24.5. The smallest absolute Gasteiger partial charge is 0.457 e. The van der Waals surface area contributed by atoms with Crippen molar-refractivity contribution in [1.82, 2.24) is 9.13 Å². The minimum atomic E-state index is -1.44. The Labute approximate surface area is 483 Å². The van der Waals surface area contributed by atoms with Crippen LogP contribution in [0.25, 0.3) is 66.1 Å². The van der Waals surface area contributed by atoms with Gasteiger partial charge in [0.2, 0.25) is 0 Å². The molecule has 2 heterocycles.